The van der Waals surface area contributed by atoms with Crippen LogP contribution in [0, 0.1) is 12.8 Å². The van der Waals surface area contributed by atoms with Crippen molar-refractivity contribution < 1.29 is 13.2 Å². The van der Waals surface area contributed by atoms with E-state index in [0.717, 1.165) is 18.8 Å². The number of rotatable bonds is 6. The number of hydrogen-bond acceptors (Lipinski definition) is 3. The molecule has 116 valence electrons. The predicted octanol–water partition coefficient (Wildman–Crippen LogP) is 2.32. The van der Waals surface area contributed by atoms with Crippen molar-refractivity contribution >= 4 is 31.9 Å². The van der Waals surface area contributed by atoms with Gasteiger partial charge in [-0.2, -0.15) is 0 Å². The molecule has 0 saturated heterocycles. The van der Waals surface area contributed by atoms with Crippen LogP contribution in [0.2, 0.25) is 0 Å². The fourth-order valence-corrected chi connectivity index (χ4v) is 3.32. The highest BCUT2D eigenvalue weighted by Gasteiger charge is 2.21. The van der Waals surface area contributed by atoms with Crippen molar-refractivity contribution in [3.8, 4) is 0 Å². The van der Waals surface area contributed by atoms with E-state index in [2.05, 4.69) is 21.2 Å². The Kier molecular flexibility index (Phi) is 5.06. The van der Waals surface area contributed by atoms with Crippen LogP contribution in [0.25, 0.3) is 0 Å². The van der Waals surface area contributed by atoms with Crippen LogP contribution in [0.15, 0.2) is 21.5 Å². The quantitative estimate of drug-likeness (QED) is 0.748. The summed E-state index contributed by atoms with van der Waals surface area (Å²) in [7, 11) is -3.84. The molecule has 0 heterocycles. The molecule has 0 aliphatic heterocycles. The van der Waals surface area contributed by atoms with Crippen molar-refractivity contribution in [1.29, 1.82) is 0 Å². The Hall–Kier alpha value is -0.920. The topological polar surface area (TPSA) is 89.3 Å². The van der Waals surface area contributed by atoms with Crippen LogP contribution in [-0.2, 0) is 10.0 Å². The number of amides is 1. The monoisotopic (exact) mass is 374 g/mol. The van der Waals surface area contributed by atoms with E-state index < -0.39 is 10.0 Å². The van der Waals surface area contributed by atoms with Gasteiger partial charge < -0.3 is 5.32 Å². The molecule has 0 bridgehead atoms. The largest absolute Gasteiger partial charge is 0.352 e. The lowest BCUT2D eigenvalue weighted by Crippen LogP contribution is -2.26. The van der Waals surface area contributed by atoms with E-state index in [-0.39, 0.29) is 10.8 Å². The van der Waals surface area contributed by atoms with Gasteiger partial charge >= 0.3 is 0 Å². The fraction of sp³-hybridized carbons (Fsp3) is 0.500. The first-order valence-corrected chi connectivity index (χ1v) is 9.24. The second kappa shape index (κ2) is 6.46. The third-order valence-corrected chi connectivity index (χ3v) is 5.38. The molecule has 1 amide bonds. The van der Waals surface area contributed by atoms with Crippen LogP contribution >= 0.6 is 15.9 Å². The lowest BCUT2D eigenvalue weighted by Gasteiger charge is -2.11. The second-order valence-corrected chi connectivity index (χ2v) is 7.88. The molecule has 1 aliphatic carbocycles. The van der Waals surface area contributed by atoms with Gasteiger partial charge in [0, 0.05) is 16.6 Å². The number of carbonyl (C=O) groups is 1. The summed E-state index contributed by atoms with van der Waals surface area (Å²) in [5.41, 5.74) is 1.03. The van der Waals surface area contributed by atoms with E-state index in [1.165, 1.54) is 25.0 Å². The molecular weight excluding hydrogens is 356 g/mol. The highest BCUT2D eigenvalue weighted by molar-refractivity contribution is 9.10. The molecule has 5 nitrogen and oxygen atoms in total. The summed E-state index contributed by atoms with van der Waals surface area (Å²) < 4.78 is 23.4. The Morgan fingerprint density at radius 1 is 1.43 bits per heavy atom. The molecule has 2 rings (SSSR count). The predicted molar refractivity (Wildman–Crippen MR) is 84.5 cm³/mol. The molecule has 0 unspecified atom stereocenters. The molecular formula is C14H19BrN2O3S. The van der Waals surface area contributed by atoms with E-state index in [0.29, 0.717) is 22.1 Å². The average Bonchev–Trinajstić information content (AvgIpc) is 3.20. The number of halogens is 1. The Labute approximate surface area is 133 Å². The lowest BCUT2D eigenvalue weighted by molar-refractivity contribution is 0.0952. The van der Waals surface area contributed by atoms with Gasteiger partial charge in [-0.1, -0.05) is 28.8 Å². The first-order valence-electron chi connectivity index (χ1n) is 6.90. The summed E-state index contributed by atoms with van der Waals surface area (Å²) in [4.78, 5) is 12.1. The van der Waals surface area contributed by atoms with Crippen molar-refractivity contribution in [3.05, 3.63) is 27.7 Å². The summed E-state index contributed by atoms with van der Waals surface area (Å²) in [6.45, 7) is 2.36. The molecule has 21 heavy (non-hydrogen) atoms. The van der Waals surface area contributed by atoms with Gasteiger partial charge in [0.15, 0.2) is 0 Å². The molecule has 0 aromatic heterocycles. The van der Waals surface area contributed by atoms with Gasteiger partial charge in [-0.25, -0.2) is 13.6 Å². The first-order chi connectivity index (χ1) is 9.79. The molecule has 3 N–H and O–H groups in total. The molecule has 0 spiro atoms. The van der Waals surface area contributed by atoms with Gasteiger partial charge in [0.1, 0.15) is 0 Å². The van der Waals surface area contributed by atoms with Gasteiger partial charge in [-0.05, 0) is 43.4 Å². The van der Waals surface area contributed by atoms with Crippen molar-refractivity contribution in [3.63, 3.8) is 0 Å². The zero-order valence-corrected chi connectivity index (χ0v) is 14.3. The number of primary sulfonamides is 1. The van der Waals surface area contributed by atoms with Crippen molar-refractivity contribution in [1.82, 2.24) is 5.32 Å². The standard InChI is InChI=1S/C14H19BrN2O3S/c1-9-12(7-11(8-13(9)15)21(16,19)20)14(18)17-6-2-3-10-4-5-10/h7-8,10H,2-6H2,1H3,(H,17,18)(H2,16,19,20). The van der Waals surface area contributed by atoms with Crippen molar-refractivity contribution in [2.45, 2.75) is 37.5 Å². The SMILES string of the molecule is Cc1c(Br)cc(S(N)(=O)=O)cc1C(=O)NCCCC1CC1. The normalized spacial score (nSPS) is 15.0. The number of hydrogen-bond donors (Lipinski definition) is 2. The minimum absolute atomic E-state index is 0.0666. The summed E-state index contributed by atoms with van der Waals surface area (Å²) in [5.74, 6) is 0.568. The van der Waals surface area contributed by atoms with Gasteiger partial charge in [0.2, 0.25) is 10.0 Å². The maximum absolute atomic E-state index is 12.2. The van der Waals surface area contributed by atoms with E-state index >= 15 is 0 Å². The summed E-state index contributed by atoms with van der Waals surface area (Å²) in [5, 5.41) is 7.96. The molecule has 0 radical (unpaired) electrons. The summed E-state index contributed by atoms with van der Waals surface area (Å²) >= 11 is 3.27. The Balaban J connectivity index is 2.09. The number of nitrogens with two attached hydrogens (primary N) is 1. The third kappa shape index (κ3) is 4.52. The maximum atomic E-state index is 12.2. The maximum Gasteiger partial charge on any atom is 0.251 e. The molecule has 1 aromatic rings. The lowest BCUT2D eigenvalue weighted by atomic mass is 10.1. The van der Waals surface area contributed by atoms with Crippen LogP contribution in [0.1, 0.15) is 41.6 Å². The van der Waals surface area contributed by atoms with Crippen LogP contribution in [0.3, 0.4) is 0 Å². The Morgan fingerprint density at radius 3 is 2.67 bits per heavy atom. The zero-order valence-electron chi connectivity index (χ0n) is 11.9. The summed E-state index contributed by atoms with van der Waals surface area (Å²) in [6, 6.07) is 2.74. The van der Waals surface area contributed by atoms with Crippen molar-refractivity contribution in [2.75, 3.05) is 6.54 Å². The molecule has 1 aliphatic rings. The number of nitrogens with one attached hydrogen (secondary N) is 1. The van der Waals surface area contributed by atoms with E-state index in [1.807, 2.05) is 0 Å². The number of sulfonamides is 1. The fourth-order valence-electron chi connectivity index (χ4n) is 2.15. The third-order valence-electron chi connectivity index (χ3n) is 3.66. The zero-order chi connectivity index (χ0) is 15.6. The molecule has 1 saturated carbocycles. The molecule has 0 atom stereocenters. The summed E-state index contributed by atoms with van der Waals surface area (Å²) in [6.07, 6.45) is 4.69. The minimum atomic E-state index is -3.84. The number of benzene rings is 1. The highest BCUT2D eigenvalue weighted by atomic mass is 79.9. The van der Waals surface area contributed by atoms with Gasteiger partial charge in [-0.3, -0.25) is 4.79 Å². The van der Waals surface area contributed by atoms with Crippen LogP contribution in [0.4, 0.5) is 0 Å². The van der Waals surface area contributed by atoms with Gasteiger partial charge in [0.25, 0.3) is 5.91 Å². The van der Waals surface area contributed by atoms with Crippen LogP contribution in [0.5, 0.6) is 0 Å². The molecule has 1 aromatic carbocycles. The van der Waals surface area contributed by atoms with E-state index in [1.54, 1.807) is 6.92 Å². The molecule has 7 heteroatoms. The van der Waals surface area contributed by atoms with Crippen LogP contribution in [-0.4, -0.2) is 20.9 Å². The van der Waals surface area contributed by atoms with E-state index in [4.69, 9.17) is 5.14 Å². The minimum Gasteiger partial charge on any atom is -0.352 e. The average molecular weight is 375 g/mol. The van der Waals surface area contributed by atoms with E-state index in [9.17, 15) is 13.2 Å². The second-order valence-electron chi connectivity index (χ2n) is 5.46. The Bertz CT molecular complexity index is 654. The number of carbonyl (C=O) groups excluding carboxylic acids is 1. The smallest absolute Gasteiger partial charge is 0.251 e. The molecule has 1 fully saturated rings. The van der Waals surface area contributed by atoms with Gasteiger partial charge in [0.05, 0.1) is 4.90 Å². The first kappa shape index (κ1) is 16.5. The van der Waals surface area contributed by atoms with Crippen LogP contribution < -0.4 is 10.5 Å². The van der Waals surface area contributed by atoms with Gasteiger partial charge in [-0.15, -0.1) is 0 Å². The highest BCUT2D eigenvalue weighted by Crippen LogP contribution is 2.33. The Morgan fingerprint density at radius 2 is 2.10 bits per heavy atom. The van der Waals surface area contributed by atoms with Crippen molar-refractivity contribution in [2.24, 2.45) is 11.1 Å².